The Hall–Kier alpha value is -3.06. The van der Waals surface area contributed by atoms with Crippen molar-refractivity contribution < 1.29 is 9.90 Å². The van der Waals surface area contributed by atoms with Gasteiger partial charge in [0.15, 0.2) is 0 Å². The zero-order valence-corrected chi connectivity index (χ0v) is 12.7. The summed E-state index contributed by atoms with van der Waals surface area (Å²) in [7, 11) is 0. The van der Waals surface area contributed by atoms with E-state index in [0.717, 1.165) is 17.2 Å². The zero-order valence-electron chi connectivity index (χ0n) is 11.9. The summed E-state index contributed by atoms with van der Waals surface area (Å²) in [5.74, 6) is -0.665. The number of carbonyl (C=O) groups excluding carboxylic acids is 1. The number of H-pyrrole nitrogens is 1. The summed E-state index contributed by atoms with van der Waals surface area (Å²) in [6.07, 6.45) is 0. The van der Waals surface area contributed by atoms with E-state index in [0.29, 0.717) is 10.7 Å². The molecular formula is C16H13N3O3S. The predicted octanol–water partition coefficient (Wildman–Crippen LogP) is 2.71. The van der Waals surface area contributed by atoms with Crippen molar-refractivity contribution in [2.45, 2.75) is 0 Å². The van der Waals surface area contributed by atoms with Gasteiger partial charge in [0.1, 0.15) is 16.3 Å². The Morgan fingerprint density at radius 3 is 2.26 bits per heavy atom. The largest absolute Gasteiger partial charge is 0.508 e. The molecule has 6 nitrogen and oxygen atoms in total. The van der Waals surface area contributed by atoms with E-state index in [4.69, 9.17) is 5.73 Å². The lowest BCUT2D eigenvalue weighted by Crippen LogP contribution is -2.23. The Labute approximate surface area is 135 Å². The van der Waals surface area contributed by atoms with Gasteiger partial charge >= 0.3 is 0 Å². The number of para-hydroxylation sites is 1. The summed E-state index contributed by atoms with van der Waals surface area (Å²) in [6, 6.07) is 15.7. The van der Waals surface area contributed by atoms with Crippen LogP contribution in [-0.2, 0) is 0 Å². The third-order valence-electron chi connectivity index (χ3n) is 3.25. The summed E-state index contributed by atoms with van der Waals surface area (Å²) in [6.45, 7) is 0. The van der Waals surface area contributed by atoms with Gasteiger partial charge in [-0.15, -0.1) is 0 Å². The van der Waals surface area contributed by atoms with Gasteiger partial charge in [0.2, 0.25) is 0 Å². The molecule has 2 aromatic carbocycles. The highest BCUT2D eigenvalue weighted by molar-refractivity contribution is 7.10. The van der Waals surface area contributed by atoms with Crippen molar-refractivity contribution >= 4 is 33.8 Å². The number of aromatic nitrogens is 1. The number of nitrogens with zero attached hydrogens (tertiary/aromatic N) is 1. The SMILES string of the molecule is NC(=O)c1c(N(c2ccccc2)c2ccc(O)cc2)s[nH]c1=O. The highest BCUT2D eigenvalue weighted by atomic mass is 32.1. The molecule has 0 atom stereocenters. The Bertz CT molecular complexity index is 885. The standard InChI is InChI=1S/C16H13N3O3S/c17-14(21)13-15(22)18-23-16(13)19(10-4-2-1-3-5-10)11-6-8-12(20)9-7-11/h1-9,20H,(H2,17,21)(H,18,22). The van der Waals surface area contributed by atoms with Gasteiger partial charge in [-0.3, -0.25) is 18.9 Å². The molecule has 3 aromatic rings. The highest BCUT2D eigenvalue weighted by Gasteiger charge is 2.23. The molecule has 0 bridgehead atoms. The number of hydrogen-bond acceptors (Lipinski definition) is 5. The molecule has 23 heavy (non-hydrogen) atoms. The van der Waals surface area contributed by atoms with Crippen LogP contribution in [0.5, 0.6) is 5.75 Å². The molecule has 0 saturated heterocycles. The van der Waals surface area contributed by atoms with Crippen LogP contribution in [-0.4, -0.2) is 15.4 Å². The first-order valence-corrected chi connectivity index (χ1v) is 7.55. The van der Waals surface area contributed by atoms with E-state index in [2.05, 4.69) is 4.37 Å². The van der Waals surface area contributed by atoms with Crippen LogP contribution < -0.4 is 16.2 Å². The number of primary amides is 1. The fourth-order valence-electron chi connectivity index (χ4n) is 2.23. The monoisotopic (exact) mass is 327 g/mol. The number of nitrogens with two attached hydrogens (primary N) is 1. The molecule has 0 aliphatic carbocycles. The third-order valence-corrected chi connectivity index (χ3v) is 4.12. The Morgan fingerprint density at radius 2 is 1.65 bits per heavy atom. The molecule has 0 aliphatic rings. The molecule has 3 rings (SSSR count). The third kappa shape index (κ3) is 2.82. The summed E-state index contributed by atoms with van der Waals surface area (Å²) in [5.41, 5.74) is 6.20. The Balaban J connectivity index is 2.23. The average Bonchev–Trinajstić information content (AvgIpc) is 2.92. The van der Waals surface area contributed by atoms with Gasteiger partial charge in [-0.25, -0.2) is 0 Å². The molecular weight excluding hydrogens is 314 g/mol. The van der Waals surface area contributed by atoms with Gasteiger partial charge in [-0.2, -0.15) is 0 Å². The normalized spacial score (nSPS) is 10.4. The zero-order chi connectivity index (χ0) is 16.4. The van der Waals surface area contributed by atoms with E-state index in [-0.39, 0.29) is 11.3 Å². The van der Waals surface area contributed by atoms with Crippen molar-refractivity contribution in [3.63, 3.8) is 0 Å². The molecule has 0 fully saturated rings. The molecule has 0 saturated carbocycles. The van der Waals surface area contributed by atoms with Crippen LogP contribution >= 0.6 is 11.5 Å². The smallest absolute Gasteiger partial charge is 0.273 e. The molecule has 1 amide bonds. The van der Waals surface area contributed by atoms with E-state index in [9.17, 15) is 14.7 Å². The molecule has 1 heterocycles. The van der Waals surface area contributed by atoms with Crippen LogP contribution in [0.4, 0.5) is 16.4 Å². The quantitative estimate of drug-likeness (QED) is 0.686. The molecule has 0 spiro atoms. The van der Waals surface area contributed by atoms with Crippen molar-refractivity contribution in [2.24, 2.45) is 5.73 Å². The minimum Gasteiger partial charge on any atom is -0.508 e. The number of nitrogens with one attached hydrogen (secondary N) is 1. The maximum absolute atomic E-state index is 11.9. The maximum atomic E-state index is 11.9. The number of benzene rings is 2. The first-order valence-electron chi connectivity index (χ1n) is 6.73. The maximum Gasteiger partial charge on any atom is 0.273 e. The van der Waals surface area contributed by atoms with Gasteiger partial charge in [-0.05, 0) is 47.9 Å². The van der Waals surface area contributed by atoms with Crippen LogP contribution in [0, 0.1) is 0 Å². The summed E-state index contributed by atoms with van der Waals surface area (Å²) >= 11 is 1.03. The Morgan fingerprint density at radius 1 is 1.04 bits per heavy atom. The predicted molar refractivity (Wildman–Crippen MR) is 89.8 cm³/mol. The molecule has 0 aliphatic heterocycles. The average molecular weight is 327 g/mol. The van der Waals surface area contributed by atoms with Crippen LogP contribution in [0.2, 0.25) is 0 Å². The molecule has 0 unspecified atom stereocenters. The van der Waals surface area contributed by atoms with Crippen LogP contribution in [0.15, 0.2) is 59.4 Å². The highest BCUT2D eigenvalue weighted by Crippen LogP contribution is 2.38. The molecule has 116 valence electrons. The summed E-state index contributed by atoms with van der Waals surface area (Å²) < 4.78 is 2.54. The lowest BCUT2D eigenvalue weighted by molar-refractivity contribution is 0.1000. The molecule has 0 radical (unpaired) electrons. The number of aromatic hydroxyl groups is 1. The van der Waals surface area contributed by atoms with E-state index in [1.807, 2.05) is 30.3 Å². The number of hydrogen-bond donors (Lipinski definition) is 3. The van der Waals surface area contributed by atoms with Crippen LogP contribution in [0.3, 0.4) is 0 Å². The summed E-state index contributed by atoms with van der Waals surface area (Å²) in [4.78, 5) is 25.3. The Kier molecular flexibility index (Phi) is 3.86. The molecule has 1 aromatic heterocycles. The second kappa shape index (κ2) is 5.98. The minimum absolute atomic E-state index is 0.0908. The molecule has 7 heteroatoms. The van der Waals surface area contributed by atoms with Crippen molar-refractivity contribution in [2.75, 3.05) is 4.90 Å². The van der Waals surface area contributed by atoms with Crippen molar-refractivity contribution in [1.82, 2.24) is 4.37 Å². The van der Waals surface area contributed by atoms with E-state index >= 15 is 0 Å². The topological polar surface area (TPSA) is 99.4 Å². The van der Waals surface area contributed by atoms with E-state index in [1.165, 1.54) is 12.1 Å². The van der Waals surface area contributed by atoms with Crippen molar-refractivity contribution in [3.05, 3.63) is 70.5 Å². The van der Waals surface area contributed by atoms with Crippen LogP contribution in [0.1, 0.15) is 10.4 Å². The number of anilines is 3. The number of phenols is 1. The number of carbonyl (C=O) groups is 1. The van der Waals surface area contributed by atoms with Gasteiger partial charge in [0, 0.05) is 11.4 Å². The number of amides is 1. The second-order valence-electron chi connectivity index (χ2n) is 4.77. The fraction of sp³-hybridized carbons (Fsp3) is 0. The lowest BCUT2D eigenvalue weighted by atomic mass is 10.2. The second-order valence-corrected chi connectivity index (χ2v) is 5.56. The fourth-order valence-corrected chi connectivity index (χ4v) is 3.12. The van der Waals surface area contributed by atoms with Gasteiger partial charge in [0.25, 0.3) is 11.5 Å². The van der Waals surface area contributed by atoms with E-state index < -0.39 is 11.5 Å². The first kappa shape index (κ1) is 14.9. The number of aromatic amines is 1. The first-order chi connectivity index (χ1) is 11.1. The van der Waals surface area contributed by atoms with Crippen LogP contribution in [0.25, 0.3) is 0 Å². The van der Waals surface area contributed by atoms with Gasteiger partial charge in [-0.1, -0.05) is 18.2 Å². The van der Waals surface area contributed by atoms with Gasteiger partial charge in [0.05, 0.1) is 0 Å². The summed E-state index contributed by atoms with van der Waals surface area (Å²) in [5, 5.41) is 9.88. The number of phenolic OH excluding ortho intramolecular Hbond substituents is 1. The van der Waals surface area contributed by atoms with Crippen molar-refractivity contribution in [1.29, 1.82) is 0 Å². The molecule has 4 N–H and O–H groups in total. The van der Waals surface area contributed by atoms with E-state index in [1.54, 1.807) is 17.0 Å². The minimum atomic E-state index is -0.790. The number of rotatable bonds is 4. The van der Waals surface area contributed by atoms with Crippen molar-refractivity contribution in [3.8, 4) is 5.75 Å². The lowest BCUT2D eigenvalue weighted by Gasteiger charge is -2.23. The van der Waals surface area contributed by atoms with Gasteiger partial charge < -0.3 is 10.8 Å².